The summed E-state index contributed by atoms with van der Waals surface area (Å²) in [5.41, 5.74) is 14.5. The maximum Gasteiger partial charge on any atom is 0.277 e. The third-order valence-corrected chi connectivity index (χ3v) is 2.72. The number of benzene rings is 2. The lowest BCUT2D eigenvalue weighted by Gasteiger charge is -2.08. The summed E-state index contributed by atoms with van der Waals surface area (Å²) < 4.78 is 0. The molecule has 0 heterocycles. The number of nitrogen functional groups attached to an aromatic ring is 2. The number of nitro groups is 1. The number of aryl methyl sites for hydroxylation is 1. The van der Waals surface area contributed by atoms with Crippen LogP contribution in [0.4, 0.5) is 17.1 Å². The highest BCUT2D eigenvalue weighted by molar-refractivity contribution is 5.86. The molecule has 0 bridgehead atoms. The molecule has 108 valence electrons. The Morgan fingerprint density at radius 3 is 2.25 bits per heavy atom. The van der Waals surface area contributed by atoms with Crippen molar-refractivity contribution >= 4 is 41.9 Å². The lowest BCUT2D eigenvalue weighted by atomic mass is 10.00. The zero-order valence-corrected chi connectivity index (χ0v) is 12.3. The highest BCUT2D eigenvalue weighted by Crippen LogP contribution is 2.35. The Kier molecular flexibility index (Phi) is 6.29. The number of nitro benzene ring substituents is 1. The summed E-state index contributed by atoms with van der Waals surface area (Å²) in [5, 5.41) is 11.1. The second-order valence-electron chi connectivity index (χ2n) is 4.12. The van der Waals surface area contributed by atoms with Crippen molar-refractivity contribution in [1.82, 2.24) is 0 Å². The van der Waals surface area contributed by atoms with Gasteiger partial charge in [-0.15, -0.1) is 24.8 Å². The van der Waals surface area contributed by atoms with Crippen LogP contribution < -0.4 is 11.5 Å². The van der Waals surface area contributed by atoms with Gasteiger partial charge >= 0.3 is 0 Å². The molecule has 0 aromatic heterocycles. The number of nitrogens with two attached hydrogens (primary N) is 2. The quantitative estimate of drug-likeness (QED) is 0.503. The van der Waals surface area contributed by atoms with Gasteiger partial charge in [0.2, 0.25) is 0 Å². The highest BCUT2D eigenvalue weighted by atomic mass is 35.5. The summed E-state index contributed by atoms with van der Waals surface area (Å²) in [4.78, 5) is 10.7. The second-order valence-corrected chi connectivity index (χ2v) is 4.12. The van der Waals surface area contributed by atoms with E-state index in [-0.39, 0.29) is 30.5 Å². The average molecular weight is 316 g/mol. The Morgan fingerprint density at radius 1 is 1.00 bits per heavy atom. The number of nitrogens with zero attached hydrogens (tertiary/aromatic N) is 1. The number of hydrogen-bond acceptors (Lipinski definition) is 4. The maximum atomic E-state index is 11.1. The summed E-state index contributed by atoms with van der Waals surface area (Å²) >= 11 is 0. The number of rotatable bonds is 2. The zero-order chi connectivity index (χ0) is 13.3. The number of hydrogen-bond donors (Lipinski definition) is 2. The fraction of sp³-hybridized carbons (Fsp3) is 0.0769. The molecule has 0 saturated heterocycles. The van der Waals surface area contributed by atoms with Crippen molar-refractivity contribution in [3.8, 4) is 11.1 Å². The fourth-order valence-corrected chi connectivity index (χ4v) is 1.83. The first-order valence-corrected chi connectivity index (χ1v) is 5.39. The third-order valence-electron chi connectivity index (χ3n) is 2.72. The first-order valence-electron chi connectivity index (χ1n) is 5.39. The summed E-state index contributed by atoms with van der Waals surface area (Å²) in [6, 6.07) is 9.99. The van der Waals surface area contributed by atoms with Crippen LogP contribution in [0.2, 0.25) is 0 Å². The summed E-state index contributed by atoms with van der Waals surface area (Å²) in [6.07, 6.45) is 0. The topological polar surface area (TPSA) is 95.2 Å². The molecule has 0 saturated carbocycles. The van der Waals surface area contributed by atoms with Crippen LogP contribution in [0.1, 0.15) is 5.56 Å². The van der Waals surface area contributed by atoms with Gasteiger partial charge in [0.25, 0.3) is 5.69 Å². The van der Waals surface area contributed by atoms with Gasteiger partial charge < -0.3 is 11.5 Å². The molecule has 2 rings (SSSR count). The van der Waals surface area contributed by atoms with Crippen molar-refractivity contribution in [3.63, 3.8) is 0 Å². The molecule has 5 nitrogen and oxygen atoms in total. The lowest BCUT2D eigenvalue weighted by Crippen LogP contribution is -1.97. The van der Waals surface area contributed by atoms with Crippen molar-refractivity contribution < 1.29 is 4.92 Å². The number of halogens is 2. The van der Waals surface area contributed by atoms with Gasteiger partial charge in [0.05, 0.1) is 10.5 Å². The normalized spacial score (nSPS) is 9.25. The van der Waals surface area contributed by atoms with Gasteiger partial charge in [-0.1, -0.05) is 6.07 Å². The largest absolute Gasteiger partial charge is 0.399 e. The molecule has 4 N–H and O–H groups in total. The minimum atomic E-state index is -0.412. The van der Waals surface area contributed by atoms with Crippen LogP contribution in [-0.2, 0) is 0 Å². The average Bonchev–Trinajstić information content (AvgIpc) is 2.32. The fourth-order valence-electron chi connectivity index (χ4n) is 1.83. The predicted octanol–water partition coefficient (Wildman–Crippen LogP) is 3.58. The standard InChI is InChI=1S/C13H13N3O2.2ClH/c1-8-2-4-10(13(6-8)16(17)18)11-7-9(14)3-5-12(11)15;;/h2-7H,14-15H2,1H3;2*1H. The molecule has 0 aliphatic rings. The second kappa shape index (κ2) is 6.98. The van der Waals surface area contributed by atoms with Crippen LogP contribution in [0, 0.1) is 17.0 Å². The Hall–Kier alpha value is -1.98. The molecule has 20 heavy (non-hydrogen) atoms. The Balaban J connectivity index is 0.00000180. The van der Waals surface area contributed by atoms with Crippen LogP contribution in [0.25, 0.3) is 11.1 Å². The molecule has 0 aliphatic heterocycles. The van der Waals surface area contributed by atoms with E-state index < -0.39 is 4.92 Å². The first-order chi connectivity index (χ1) is 8.49. The Bertz CT molecular complexity index is 633. The van der Waals surface area contributed by atoms with Gasteiger partial charge in [-0.3, -0.25) is 10.1 Å². The third kappa shape index (κ3) is 3.53. The van der Waals surface area contributed by atoms with Crippen molar-refractivity contribution in [1.29, 1.82) is 0 Å². The van der Waals surface area contributed by atoms with E-state index >= 15 is 0 Å². The van der Waals surface area contributed by atoms with E-state index in [1.807, 2.05) is 6.07 Å². The van der Waals surface area contributed by atoms with Crippen LogP contribution in [-0.4, -0.2) is 4.92 Å². The molecule has 2 aromatic rings. The molecule has 2 aromatic carbocycles. The number of anilines is 2. The molecule has 7 heteroatoms. The molecule has 0 aliphatic carbocycles. The Morgan fingerprint density at radius 2 is 1.65 bits per heavy atom. The lowest BCUT2D eigenvalue weighted by molar-refractivity contribution is -0.384. The maximum absolute atomic E-state index is 11.1. The minimum absolute atomic E-state index is 0. The molecule has 0 amide bonds. The van der Waals surface area contributed by atoms with Crippen molar-refractivity contribution in [2.24, 2.45) is 0 Å². The van der Waals surface area contributed by atoms with Gasteiger partial charge in [0.1, 0.15) is 0 Å². The predicted molar refractivity (Wildman–Crippen MR) is 86.6 cm³/mol. The Labute approximate surface area is 128 Å². The van der Waals surface area contributed by atoms with Gasteiger partial charge in [0, 0.05) is 23.0 Å². The van der Waals surface area contributed by atoms with Crippen LogP contribution >= 0.6 is 24.8 Å². The van der Waals surface area contributed by atoms with Gasteiger partial charge in [-0.05, 0) is 36.8 Å². The first kappa shape index (κ1) is 18.0. The van der Waals surface area contributed by atoms with E-state index in [0.717, 1.165) is 5.56 Å². The summed E-state index contributed by atoms with van der Waals surface area (Å²) in [6.45, 7) is 1.81. The van der Waals surface area contributed by atoms with Crippen LogP contribution in [0.3, 0.4) is 0 Å². The van der Waals surface area contributed by atoms with E-state index in [1.165, 1.54) is 6.07 Å². The van der Waals surface area contributed by atoms with Crippen molar-refractivity contribution in [3.05, 3.63) is 52.1 Å². The van der Waals surface area contributed by atoms with E-state index in [2.05, 4.69) is 0 Å². The monoisotopic (exact) mass is 315 g/mol. The molecular weight excluding hydrogens is 301 g/mol. The molecule has 0 unspecified atom stereocenters. The van der Waals surface area contributed by atoms with Crippen LogP contribution in [0.15, 0.2) is 36.4 Å². The van der Waals surface area contributed by atoms with E-state index in [0.29, 0.717) is 22.5 Å². The molecule has 0 radical (unpaired) electrons. The molecule has 0 atom stereocenters. The van der Waals surface area contributed by atoms with E-state index in [4.69, 9.17) is 11.5 Å². The van der Waals surface area contributed by atoms with Crippen LogP contribution in [0.5, 0.6) is 0 Å². The summed E-state index contributed by atoms with van der Waals surface area (Å²) in [7, 11) is 0. The highest BCUT2D eigenvalue weighted by Gasteiger charge is 2.17. The van der Waals surface area contributed by atoms with Gasteiger partial charge in [0.15, 0.2) is 0 Å². The van der Waals surface area contributed by atoms with Crippen molar-refractivity contribution in [2.75, 3.05) is 11.5 Å². The van der Waals surface area contributed by atoms with E-state index in [9.17, 15) is 10.1 Å². The van der Waals surface area contributed by atoms with Gasteiger partial charge in [-0.25, -0.2) is 0 Å². The summed E-state index contributed by atoms with van der Waals surface area (Å²) in [5.74, 6) is 0. The molecule has 0 fully saturated rings. The van der Waals surface area contributed by atoms with E-state index in [1.54, 1.807) is 31.2 Å². The smallest absolute Gasteiger partial charge is 0.277 e. The minimum Gasteiger partial charge on any atom is -0.399 e. The van der Waals surface area contributed by atoms with Crippen molar-refractivity contribution in [2.45, 2.75) is 6.92 Å². The molecule has 0 spiro atoms. The van der Waals surface area contributed by atoms with Gasteiger partial charge in [-0.2, -0.15) is 0 Å². The SMILES string of the molecule is Cc1ccc(-c2cc(N)ccc2N)c([N+](=O)[O-])c1.Cl.Cl. The molecular formula is C13H15Cl2N3O2. The zero-order valence-electron chi connectivity index (χ0n) is 10.7.